The van der Waals surface area contributed by atoms with Crippen LogP contribution in [0.4, 0.5) is 11.4 Å². The van der Waals surface area contributed by atoms with Crippen LogP contribution in [0.1, 0.15) is 10.4 Å². The van der Waals surface area contributed by atoms with Crippen molar-refractivity contribution in [1.29, 1.82) is 0 Å². The van der Waals surface area contributed by atoms with Gasteiger partial charge < -0.3 is 30.5 Å². The van der Waals surface area contributed by atoms with E-state index < -0.39 is 47.7 Å². The molecule has 10 nitrogen and oxygen atoms in total. The van der Waals surface area contributed by atoms with Crippen LogP contribution in [0.3, 0.4) is 0 Å². The molecular formula is C12H14N2O8. The zero-order valence-corrected chi connectivity index (χ0v) is 11.1. The molecule has 0 unspecified atom stereocenters. The summed E-state index contributed by atoms with van der Waals surface area (Å²) in [6, 6.07) is 3.09. The highest BCUT2D eigenvalue weighted by molar-refractivity contribution is 5.90. The van der Waals surface area contributed by atoms with Crippen molar-refractivity contribution in [3.05, 3.63) is 33.9 Å². The molecule has 1 fully saturated rings. The van der Waals surface area contributed by atoms with E-state index in [1.54, 1.807) is 0 Å². The van der Waals surface area contributed by atoms with Gasteiger partial charge in [-0.25, -0.2) is 4.79 Å². The molecule has 1 aromatic rings. The quantitative estimate of drug-likeness (QED) is 0.344. The highest BCUT2D eigenvalue weighted by Gasteiger charge is 2.42. The van der Waals surface area contributed by atoms with Gasteiger partial charge >= 0.3 is 5.97 Å². The molecule has 10 heteroatoms. The van der Waals surface area contributed by atoms with E-state index in [2.05, 4.69) is 5.32 Å². The molecule has 1 saturated heterocycles. The van der Waals surface area contributed by atoms with E-state index in [9.17, 15) is 25.1 Å². The first kappa shape index (κ1) is 16.1. The molecule has 120 valence electrons. The van der Waals surface area contributed by atoms with Crippen molar-refractivity contribution >= 4 is 17.3 Å². The lowest BCUT2D eigenvalue weighted by Gasteiger charge is -2.17. The summed E-state index contributed by atoms with van der Waals surface area (Å²) in [6.45, 7) is -0.522. The van der Waals surface area contributed by atoms with Crippen LogP contribution in [0.5, 0.6) is 0 Å². The predicted molar refractivity (Wildman–Crippen MR) is 71.4 cm³/mol. The first-order valence-electron chi connectivity index (χ1n) is 6.25. The minimum Gasteiger partial charge on any atom is -0.478 e. The molecule has 0 aliphatic carbocycles. The maximum Gasteiger partial charge on any atom is 0.336 e. The normalized spacial score (nSPS) is 27.6. The molecule has 0 aromatic heterocycles. The summed E-state index contributed by atoms with van der Waals surface area (Å²) in [7, 11) is 0. The Bertz CT molecular complexity index is 560. The lowest BCUT2D eigenvalue weighted by molar-refractivity contribution is -0.384. The average molecular weight is 314 g/mol. The fraction of sp³-hybridized carbons (Fsp3) is 0.417. The second-order valence-corrected chi connectivity index (χ2v) is 4.73. The number of nitro benzene ring substituents is 1. The topological polar surface area (TPSA) is 162 Å². The lowest BCUT2D eigenvalue weighted by atomic mass is 10.1. The van der Waals surface area contributed by atoms with Crippen molar-refractivity contribution in [2.45, 2.75) is 24.5 Å². The fourth-order valence-electron chi connectivity index (χ4n) is 2.11. The Hall–Kier alpha value is -2.27. The summed E-state index contributed by atoms with van der Waals surface area (Å²) in [5, 5.41) is 50.7. The third kappa shape index (κ3) is 3.14. The molecule has 2 rings (SSSR count). The number of hydrogen-bond donors (Lipinski definition) is 5. The van der Waals surface area contributed by atoms with E-state index in [0.717, 1.165) is 18.2 Å². The number of non-ortho nitro benzene ring substituents is 1. The summed E-state index contributed by atoms with van der Waals surface area (Å²) in [6.07, 6.45) is -4.87. The van der Waals surface area contributed by atoms with Gasteiger partial charge in [0.25, 0.3) is 5.69 Å². The Morgan fingerprint density at radius 1 is 1.32 bits per heavy atom. The van der Waals surface area contributed by atoms with Crippen molar-refractivity contribution in [1.82, 2.24) is 0 Å². The Kier molecular flexibility index (Phi) is 4.56. The van der Waals surface area contributed by atoms with Gasteiger partial charge in [0.2, 0.25) is 0 Å². The number of carbonyl (C=O) groups is 1. The molecule has 1 aliphatic heterocycles. The molecule has 0 saturated carbocycles. The van der Waals surface area contributed by atoms with Crippen molar-refractivity contribution in [3.8, 4) is 0 Å². The van der Waals surface area contributed by atoms with Crippen LogP contribution >= 0.6 is 0 Å². The molecule has 1 aromatic carbocycles. The maximum atomic E-state index is 11.0. The predicted octanol–water partition coefficient (Wildman–Crippen LogP) is -0.856. The molecule has 1 heterocycles. The largest absolute Gasteiger partial charge is 0.478 e. The SMILES string of the molecule is O=C(O)c1cc(N[C@H]2O[C@@H](CO)[C@@H](O)[C@H]2O)cc([N+](=O)[O-])c1. The van der Waals surface area contributed by atoms with Gasteiger partial charge in [-0.15, -0.1) is 0 Å². The van der Waals surface area contributed by atoms with Gasteiger partial charge in [-0.05, 0) is 6.07 Å². The minimum atomic E-state index is -1.38. The van der Waals surface area contributed by atoms with Gasteiger partial charge in [-0.3, -0.25) is 10.1 Å². The molecule has 0 radical (unpaired) electrons. The van der Waals surface area contributed by atoms with Crippen LogP contribution in [0.2, 0.25) is 0 Å². The number of nitro groups is 1. The van der Waals surface area contributed by atoms with E-state index in [0.29, 0.717) is 0 Å². The second-order valence-electron chi connectivity index (χ2n) is 4.73. The summed E-state index contributed by atoms with van der Waals surface area (Å²) < 4.78 is 5.16. The highest BCUT2D eigenvalue weighted by atomic mass is 16.6. The molecule has 0 amide bonds. The standard InChI is InChI=1S/C12H14N2O8/c15-4-8-9(16)10(17)11(22-8)13-6-1-5(12(18)19)2-7(3-6)14(20)21/h1-3,8-11,13,15-17H,4H2,(H,18,19)/t8-,9+,10+,11-/m0/s1. The number of aliphatic hydroxyl groups excluding tert-OH is 3. The van der Waals surface area contributed by atoms with E-state index in [1.165, 1.54) is 0 Å². The smallest absolute Gasteiger partial charge is 0.336 e. The van der Waals surface area contributed by atoms with Gasteiger partial charge in [0.05, 0.1) is 17.1 Å². The summed E-state index contributed by atoms with van der Waals surface area (Å²) in [5.41, 5.74) is -0.737. The zero-order valence-electron chi connectivity index (χ0n) is 11.1. The van der Waals surface area contributed by atoms with Crippen LogP contribution < -0.4 is 5.32 Å². The van der Waals surface area contributed by atoms with Crippen LogP contribution in [-0.2, 0) is 4.74 Å². The van der Waals surface area contributed by atoms with Gasteiger partial charge in [0.15, 0.2) is 6.23 Å². The van der Waals surface area contributed by atoms with E-state index in [1.807, 2.05) is 0 Å². The Morgan fingerprint density at radius 2 is 2.00 bits per heavy atom. The summed E-state index contributed by atoms with van der Waals surface area (Å²) in [5.74, 6) is -1.35. The van der Waals surface area contributed by atoms with Gasteiger partial charge in [-0.1, -0.05) is 0 Å². The van der Waals surface area contributed by atoms with Crippen molar-refractivity contribution < 1.29 is 34.9 Å². The highest BCUT2D eigenvalue weighted by Crippen LogP contribution is 2.26. The van der Waals surface area contributed by atoms with Crippen molar-refractivity contribution in [3.63, 3.8) is 0 Å². The molecule has 0 bridgehead atoms. The number of benzene rings is 1. The minimum absolute atomic E-state index is 0.0291. The average Bonchev–Trinajstić information content (AvgIpc) is 2.74. The monoisotopic (exact) mass is 314 g/mol. The number of nitrogens with zero attached hydrogens (tertiary/aromatic N) is 1. The first-order chi connectivity index (χ1) is 10.3. The van der Waals surface area contributed by atoms with E-state index in [-0.39, 0.29) is 11.3 Å². The van der Waals surface area contributed by atoms with Gasteiger partial charge in [0, 0.05) is 17.8 Å². The number of aromatic carboxylic acids is 1. The first-order valence-corrected chi connectivity index (χ1v) is 6.25. The van der Waals surface area contributed by atoms with Crippen molar-refractivity contribution in [2.75, 3.05) is 11.9 Å². The van der Waals surface area contributed by atoms with Crippen LogP contribution in [0.25, 0.3) is 0 Å². The lowest BCUT2D eigenvalue weighted by Crippen LogP contribution is -2.36. The number of ether oxygens (including phenoxy) is 1. The molecule has 22 heavy (non-hydrogen) atoms. The van der Waals surface area contributed by atoms with Crippen molar-refractivity contribution in [2.24, 2.45) is 0 Å². The number of rotatable bonds is 5. The number of anilines is 1. The number of nitrogens with one attached hydrogen (secondary N) is 1. The summed E-state index contributed by atoms with van der Waals surface area (Å²) >= 11 is 0. The third-order valence-corrected chi connectivity index (χ3v) is 3.23. The van der Waals surface area contributed by atoms with Crippen LogP contribution in [-0.4, -0.2) is 62.5 Å². The maximum absolute atomic E-state index is 11.0. The van der Waals surface area contributed by atoms with Crippen LogP contribution in [0.15, 0.2) is 18.2 Å². The Morgan fingerprint density at radius 3 is 2.50 bits per heavy atom. The zero-order chi connectivity index (χ0) is 16.4. The number of aliphatic hydroxyl groups is 3. The fourth-order valence-corrected chi connectivity index (χ4v) is 2.11. The third-order valence-electron chi connectivity index (χ3n) is 3.23. The number of hydrogen-bond acceptors (Lipinski definition) is 8. The Balaban J connectivity index is 2.26. The Labute approximate surface area is 123 Å². The van der Waals surface area contributed by atoms with E-state index >= 15 is 0 Å². The second kappa shape index (κ2) is 6.23. The molecule has 1 aliphatic rings. The summed E-state index contributed by atoms with van der Waals surface area (Å²) in [4.78, 5) is 21.0. The number of carboxylic acids is 1. The van der Waals surface area contributed by atoms with Gasteiger partial charge in [0.1, 0.15) is 18.3 Å². The molecular weight excluding hydrogens is 300 g/mol. The van der Waals surface area contributed by atoms with Gasteiger partial charge in [-0.2, -0.15) is 0 Å². The molecule has 0 spiro atoms. The van der Waals surface area contributed by atoms with Crippen LogP contribution in [0, 0.1) is 10.1 Å². The number of carboxylic acid groups (broad SMARTS) is 1. The molecule has 5 N–H and O–H groups in total. The van der Waals surface area contributed by atoms with E-state index in [4.69, 9.17) is 14.9 Å². The molecule has 4 atom stereocenters.